The lowest BCUT2D eigenvalue weighted by Gasteiger charge is -2.30. The molecule has 0 radical (unpaired) electrons. The molecule has 0 saturated carbocycles. The molecule has 16 heteroatoms. The lowest BCUT2D eigenvalue weighted by molar-refractivity contribution is -0.348. The quantitative estimate of drug-likeness (QED) is 0.362. The maximum atomic E-state index is 14.2. The first kappa shape index (κ1) is 25.7. The van der Waals surface area contributed by atoms with Gasteiger partial charge in [-0.15, -0.1) is 0 Å². The lowest BCUT2D eigenvalue weighted by atomic mass is 10.0. The van der Waals surface area contributed by atoms with Crippen molar-refractivity contribution in [2.45, 2.75) is 24.5 Å². The average molecular weight is 530 g/mol. The summed E-state index contributed by atoms with van der Waals surface area (Å²) in [5, 5.41) is 18.6. The van der Waals surface area contributed by atoms with E-state index in [1.54, 1.807) is 6.07 Å². The average Bonchev–Trinajstić information content (AvgIpc) is 3.49. The van der Waals surface area contributed by atoms with Crippen LogP contribution in [0.15, 0.2) is 59.4 Å². The summed E-state index contributed by atoms with van der Waals surface area (Å²) in [7, 11) is 0. The van der Waals surface area contributed by atoms with Crippen molar-refractivity contribution in [3.63, 3.8) is 0 Å². The Kier molecular flexibility index (Phi) is 6.45. The third-order valence-corrected chi connectivity index (χ3v) is 5.03. The van der Waals surface area contributed by atoms with Crippen LogP contribution < -0.4 is 5.32 Å². The number of alkyl halides is 6. The van der Waals surface area contributed by atoms with Gasteiger partial charge in [0.25, 0.3) is 5.91 Å². The van der Waals surface area contributed by atoms with Gasteiger partial charge in [0.05, 0.1) is 12.2 Å². The number of hydrogen-bond donors (Lipinski definition) is 2. The first-order valence-corrected chi connectivity index (χ1v) is 10.0. The van der Waals surface area contributed by atoms with Crippen LogP contribution in [0.3, 0.4) is 0 Å². The molecule has 0 spiro atoms. The molecule has 0 bridgehead atoms. The van der Waals surface area contributed by atoms with Gasteiger partial charge < -0.3 is 14.9 Å². The van der Waals surface area contributed by atoms with Crippen LogP contribution in [0.5, 0.6) is 0 Å². The summed E-state index contributed by atoms with van der Waals surface area (Å²) in [6.07, 6.45) is -10.6. The molecule has 0 aliphatic heterocycles. The number of amides is 1. The molecule has 37 heavy (non-hydrogen) atoms. The minimum absolute atomic E-state index is 0.0488. The summed E-state index contributed by atoms with van der Waals surface area (Å²) < 4.78 is 98.1. The van der Waals surface area contributed by atoms with Gasteiger partial charge in [0.1, 0.15) is 29.3 Å². The zero-order valence-corrected chi connectivity index (χ0v) is 18.0. The molecule has 9 nitrogen and oxygen atoms in total. The standard InChI is InChI=1S/C21H13F7N6O3/c22-12-4-2-1-3-11(12)10-34-15(13-6-8-37-33-13)9-14(32-34)17-29-7-5-16(30-17)31-18(35)19(36,20(23,24)25)21(26,27)28/h1-9,36H,10H2,(H,29,30,31,35). The Morgan fingerprint density at radius 3 is 2.35 bits per heavy atom. The van der Waals surface area contributed by atoms with Crippen LogP contribution in [-0.4, -0.2) is 53.9 Å². The van der Waals surface area contributed by atoms with E-state index in [2.05, 4.69) is 20.2 Å². The fraction of sp³-hybridized carbons (Fsp3) is 0.190. The van der Waals surface area contributed by atoms with E-state index in [0.29, 0.717) is 0 Å². The molecule has 0 atom stereocenters. The zero-order valence-electron chi connectivity index (χ0n) is 18.0. The molecule has 2 N–H and O–H groups in total. The van der Waals surface area contributed by atoms with Crippen molar-refractivity contribution in [3.05, 3.63) is 66.3 Å². The number of hydrogen-bond acceptors (Lipinski definition) is 7. The highest BCUT2D eigenvalue weighted by Gasteiger charge is 2.75. The second-order valence-electron chi connectivity index (χ2n) is 7.47. The molecule has 4 rings (SSSR count). The number of aliphatic hydroxyl groups is 1. The van der Waals surface area contributed by atoms with Crippen molar-refractivity contribution in [2.75, 3.05) is 5.32 Å². The van der Waals surface area contributed by atoms with Gasteiger partial charge in [-0.25, -0.2) is 14.4 Å². The number of anilines is 1. The summed E-state index contributed by atoms with van der Waals surface area (Å²) in [6.45, 7) is -0.102. The van der Waals surface area contributed by atoms with Crippen LogP contribution in [0.2, 0.25) is 0 Å². The normalized spacial score (nSPS) is 12.5. The molecular formula is C21H13F7N6O3. The second kappa shape index (κ2) is 9.27. The summed E-state index contributed by atoms with van der Waals surface area (Å²) in [5.74, 6) is -4.45. The fourth-order valence-electron chi connectivity index (χ4n) is 3.16. The summed E-state index contributed by atoms with van der Waals surface area (Å²) in [5.41, 5.74) is -4.95. The van der Waals surface area contributed by atoms with Crippen LogP contribution in [0.4, 0.5) is 36.6 Å². The van der Waals surface area contributed by atoms with Crippen molar-refractivity contribution >= 4 is 11.7 Å². The van der Waals surface area contributed by atoms with E-state index in [-0.39, 0.29) is 35.0 Å². The van der Waals surface area contributed by atoms with E-state index < -0.39 is 35.5 Å². The monoisotopic (exact) mass is 530 g/mol. The number of carbonyl (C=O) groups is 1. The number of benzene rings is 1. The third kappa shape index (κ3) is 4.87. The molecule has 194 valence electrons. The van der Waals surface area contributed by atoms with E-state index in [1.165, 1.54) is 46.6 Å². The Balaban J connectivity index is 1.69. The van der Waals surface area contributed by atoms with Gasteiger partial charge in [0.15, 0.2) is 5.82 Å². The van der Waals surface area contributed by atoms with E-state index in [9.17, 15) is 40.6 Å². The van der Waals surface area contributed by atoms with Crippen molar-refractivity contribution < 1.29 is 45.2 Å². The summed E-state index contributed by atoms with van der Waals surface area (Å²) >= 11 is 0. The predicted octanol–water partition coefficient (Wildman–Crippen LogP) is 3.98. The molecule has 0 saturated heterocycles. The van der Waals surface area contributed by atoms with E-state index in [4.69, 9.17) is 4.52 Å². The highest BCUT2D eigenvalue weighted by molar-refractivity contribution is 5.98. The first-order chi connectivity index (χ1) is 17.3. The minimum Gasteiger partial charge on any atom is -0.366 e. The third-order valence-electron chi connectivity index (χ3n) is 5.03. The van der Waals surface area contributed by atoms with Gasteiger partial charge in [-0.2, -0.15) is 31.4 Å². The number of aromatic nitrogens is 5. The maximum Gasteiger partial charge on any atom is 0.435 e. The number of rotatable bonds is 6. The van der Waals surface area contributed by atoms with Crippen molar-refractivity contribution in [3.8, 4) is 22.9 Å². The molecule has 0 unspecified atom stereocenters. The number of nitrogens with zero attached hydrogens (tertiary/aromatic N) is 5. The predicted molar refractivity (Wildman–Crippen MR) is 110 cm³/mol. The van der Waals surface area contributed by atoms with Crippen LogP contribution in [0, 0.1) is 5.82 Å². The molecule has 1 amide bonds. The van der Waals surface area contributed by atoms with E-state index in [1.807, 2.05) is 0 Å². The zero-order chi connectivity index (χ0) is 27.0. The molecule has 3 aromatic heterocycles. The van der Waals surface area contributed by atoms with Gasteiger partial charge in [0, 0.05) is 17.8 Å². The van der Waals surface area contributed by atoms with E-state index in [0.717, 1.165) is 12.3 Å². The van der Waals surface area contributed by atoms with Crippen molar-refractivity contribution in [1.82, 2.24) is 24.9 Å². The Morgan fingerprint density at radius 2 is 1.73 bits per heavy atom. The van der Waals surface area contributed by atoms with Crippen molar-refractivity contribution in [2.24, 2.45) is 0 Å². The number of nitrogens with one attached hydrogen (secondary N) is 1. The molecule has 4 aromatic rings. The molecule has 0 aliphatic carbocycles. The maximum absolute atomic E-state index is 14.2. The molecule has 3 heterocycles. The van der Waals surface area contributed by atoms with Crippen LogP contribution in [0.1, 0.15) is 5.56 Å². The van der Waals surface area contributed by atoms with Gasteiger partial charge in [-0.05, 0) is 18.2 Å². The Morgan fingerprint density at radius 1 is 1.03 bits per heavy atom. The molecule has 1 aromatic carbocycles. The summed E-state index contributed by atoms with van der Waals surface area (Å²) in [4.78, 5) is 19.5. The Hall–Kier alpha value is -4.34. The lowest BCUT2D eigenvalue weighted by Crippen LogP contribution is -2.64. The largest absolute Gasteiger partial charge is 0.435 e. The Labute approximate surface area is 201 Å². The van der Waals surface area contributed by atoms with Gasteiger partial charge >= 0.3 is 18.0 Å². The van der Waals surface area contributed by atoms with Crippen LogP contribution >= 0.6 is 0 Å². The summed E-state index contributed by atoms with van der Waals surface area (Å²) in [6, 6.07) is 9.44. The van der Waals surface area contributed by atoms with Gasteiger partial charge in [0.2, 0.25) is 0 Å². The molecule has 0 fully saturated rings. The Bertz CT molecular complexity index is 1400. The smallest absolute Gasteiger partial charge is 0.366 e. The second-order valence-corrected chi connectivity index (χ2v) is 7.47. The minimum atomic E-state index is -6.37. The van der Waals surface area contributed by atoms with Gasteiger partial charge in [-0.3, -0.25) is 9.48 Å². The first-order valence-electron chi connectivity index (χ1n) is 10.0. The number of carbonyl (C=O) groups excluding carboxylic acids is 1. The fourth-order valence-corrected chi connectivity index (χ4v) is 3.16. The molecular weight excluding hydrogens is 517 g/mol. The molecule has 0 aliphatic rings. The topological polar surface area (TPSA) is 119 Å². The SMILES string of the molecule is O=C(Nc1ccnc(-c2cc(-c3ccon3)n(Cc3ccccc3F)n2)n1)C(O)(C(F)(F)F)C(F)(F)F. The van der Waals surface area contributed by atoms with Crippen LogP contribution in [0.25, 0.3) is 22.9 Å². The highest BCUT2D eigenvalue weighted by atomic mass is 19.4. The van der Waals surface area contributed by atoms with Gasteiger partial charge in [-0.1, -0.05) is 23.4 Å². The number of halogens is 7. The highest BCUT2D eigenvalue weighted by Crippen LogP contribution is 2.43. The van der Waals surface area contributed by atoms with Crippen LogP contribution in [-0.2, 0) is 11.3 Å². The van der Waals surface area contributed by atoms with E-state index >= 15 is 0 Å². The van der Waals surface area contributed by atoms with Crippen molar-refractivity contribution in [1.29, 1.82) is 0 Å².